The van der Waals surface area contributed by atoms with Crippen LogP contribution in [0.2, 0.25) is 0 Å². The number of ketones is 1. The Morgan fingerprint density at radius 3 is 2.69 bits per heavy atom. The van der Waals surface area contributed by atoms with E-state index in [-0.39, 0.29) is 27.2 Å². The molecule has 6 nitrogen and oxygen atoms in total. The van der Waals surface area contributed by atoms with Crippen molar-refractivity contribution < 1.29 is 22.0 Å². The van der Waals surface area contributed by atoms with E-state index in [9.17, 15) is 17.6 Å². The number of aromatic nitrogens is 1. The number of hydrogen-bond donors (Lipinski definition) is 0. The van der Waals surface area contributed by atoms with Gasteiger partial charge in [-0.05, 0) is 30.3 Å². The molecule has 0 N–H and O–H groups in total. The molecule has 0 amide bonds. The number of nitrogens with zero attached hydrogens (tertiary/aromatic N) is 2. The molecule has 2 aromatic carbocycles. The van der Waals surface area contributed by atoms with Crippen LogP contribution in [0.15, 0.2) is 57.0 Å². The quantitative estimate of drug-likeness (QED) is 0.472. The number of carbonyl (C=O) groups is 1. The molecule has 3 aromatic rings. The molecule has 3 rings (SSSR count). The maximum absolute atomic E-state index is 13.2. The molecule has 0 bridgehead atoms. The first-order valence-corrected chi connectivity index (χ1v) is 9.94. The maximum Gasteiger partial charge on any atom is 0.257 e. The van der Waals surface area contributed by atoms with Crippen LogP contribution in [0.25, 0.3) is 11.1 Å². The van der Waals surface area contributed by atoms with Crippen LogP contribution in [0.5, 0.6) is 0 Å². The second-order valence-electron chi connectivity index (χ2n) is 5.62. The zero-order valence-corrected chi connectivity index (χ0v) is 15.6. The average Bonchev–Trinajstić information content (AvgIpc) is 3.01. The van der Waals surface area contributed by atoms with Crippen molar-refractivity contribution in [3.05, 3.63) is 53.8 Å². The number of fused-ring (bicyclic) bond motifs is 1. The summed E-state index contributed by atoms with van der Waals surface area (Å²) in [4.78, 5) is 16.4. The number of hydrogen-bond acceptors (Lipinski definition) is 6. The number of halogens is 1. The molecule has 0 aliphatic heterocycles. The van der Waals surface area contributed by atoms with Gasteiger partial charge in [-0.15, -0.1) is 0 Å². The second-order valence-corrected chi connectivity index (χ2v) is 8.70. The first-order valence-electron chi connectivity index (χ1n) is 7.52. The monoisotopic (exact) mass is 394 g/mol. The van der Waals surface area contributed by atoms with Crippen molar-refractivity contribution in [1.82, 2.24) is 9.29 Å². The Balaban J connectivity index is 1.78. The predicted molar refractivity (Wildman–Crippen MR) is 96.3 cm³/mol. The Labute approximate surface area is 154 Å². The van der Waals surface area contributed by atoms with Crippen LogP contribution < -0.4 is 0 Å². The van der Waals surface area contributed by atoms with Crippen molar-refractivity contribution in [2.24, 2.45) is 0 Å². The van der Waals surface area contributed by atoms with Gasteiger partial charge in [0.05, 0.1) is 10.6 Å². The van der Waals surface area contributed by atoms with E-state index in [0.717, 1.165) is 16.1 Å². The summed E-state index contributed by atoms with van der Waals surface area (Å²) in [7, 11) is -0.678. The first-order chi connectivity index (χ1) is 12.3. The Kier molecular flexibility index (Phi) is 5.12. The second kappa shape index (κ2) is 7.18. The predicted octanol–water partition coefficient (Wildman–Crippen LogP) is 3.19. The van der Waals surface area contributed by atoms with E-state index in [1.165, 1.54) is 56.6 Å². The lowest BCUT2D eigenvalue weighted by atomic mass is 10.1. The number of carbonyl (C=O) groups excluding carboxylic acids is 1. The Hall–Kier alpha value is -2.23. The molecule has 0 aliphatic carbocycles. The Morgan fingerprint density at radius 2 is 2.00 bits per heavy atom. The first kappa shape index (κ1) is 18.6. The largest absolute Gasteiger partial charge is 0.431 e. The zero-order chi connectivity index (χ0) is 18.9. The molecule has 0 atom stereocenters. The van der Waals surface area contributed by atoms with Crippen LogP contribution in [0.1, 0.15) is 10.4 Å². The van der Waals surface area contributed by atoms with E-state index in [1.807, 2.05) is 0 Å². The summed E-state index contributed by atoms with van der Waals surface area (Å²) in [6, 6.07) is 9.84. The lowest BCUT2D eigenvalue weighted by molar-refractivity contribution is 0.102. The van der Waals surface area contributed by atoms with Crippen molar-refractivity contribution >= 4 is 38.7 Å². The fourth-order valence-electron chi connectivity index (χ4n) is 2.19. The molecule has 0 saturated heterocycles. The lowest BCUT2D eigenvalue weighted by Gasteiger charge is -2.10. The topological polar surface area (TPSA) is 80.5 Å². The van der Waals surface area contributed by atoms with Gasteiger partial charge >= 0.3 is 0 Å². The molecule has 0 aliphatic rings. The molecule has 26 heavy (non-hydrogen) atoms. The van der Waals surface area contributed by atoms with Crippen molar-refractivity contribution in [1.29, 1.82) is 0 Å². The highest BCUT2D eigenvalue weighted by molar-refractivity contribution is 7.99. The van der Waals surface area contributed by atoms with Gasteiger partial charge < -0.3 is 4.42 Å². The van der Waals surface area contributed by atoms with E-state index in [0.29, 0.717) is 11.1 Å². The standard InChI is InChI=1S/C17H15FN2O4S2/c1-20(2)26(22,23)13-6-7-16-14(9-13)19-17(24-16)25-10-15(21)11-4-3-5-12(18)8-11/h3-9H,10H2,1-2H3. The van der Waals surface area contributed by atoms with Gasteiger partial charge in [0.25, 0.3) is 5.22 Å². The average molecular weight is 394 g/mol. The van der Waals surface area contributed by atoms with Gasteiger partial charge in [-0.3, -0.25) is 4.79 Å². The molecule has 136 valence electrons. The fraction of sp³-hybridized carbons (Fsp3) is 0.176. The van der Waals surface area contributed by atoms with Crippen LogP contribution >= 0.6 is 11.8 Å². The smallest absolute Gasteiger partial charge is 0.257 e. The minimum absolute atomic E-state index is 0.0269. The molecule has 1 heterocycles. The normalized spacial score (nSPS) is 12.0. The van der Waals surface area contributed by atoms with E-state index < -0.39 is 15.8 Å². The molecule has 0 unspecified atom stereocenters. The van der Waals surface area contributed by atoms with Crippen molar-refractivity contribution in [3.8, 4) is 0 Å². The third-order valence-corrected chi connectivity index (χ3v) is 6.23. The molecule has 0 saturated carbocycles. The van der Waals surface area contributed by atoms with Gasteiger partial charge in [-0.2, -0.15) is 0 Å². The Bertz CT molecular complexity index is 1080. The molecular formula is C17H15FN2O4S2. The van der Waals surface area contributed by atoms with Gasteiger partial charge in [0.15, 0.2) is 11.4 Å². The van der Waals surface area contributed by atoms with Crippen LogP contribution in [0, 0.1) is 5.82 Å². The number of oxazole rings is 1. The summed E-state index contributed by atoms with van der Waals surface area (Å²) in [5, 5.41) is 0.240. The highest BCUT2D eigenvalue weighted by Crippen LogP contribution is 2.26. The number of rotatable bonds is 6. The summed E-state index contributed by atoms with van der Waals surface area (Å²) in [6.07, 6.45) is 0. The summed E-state index contributed by atoms with van der Waals surface area (Å²) >= 11 is 1.06. The van der Waals surface area contributed by atoms with Crippen molar-refractivity contribution in [2.45, 2.75) is 10.1 Å². The van der Waals surface area contributed by atoms with E-state index >= 15 is 0 Å². The van der Waals surface area contributed by atoms with Crippen molar-refractivity contribution in [2.75, 3.05) is 19.8 Å². The van der Waals surface area contributed by atoms with Gasteiger partial charge in [0.2, 0.25) is 10.0 Å². The van der Waals surface area contributed by atoms with E-state index in [4.69, 9.17) is 4.42 Å². The van der Waals surface area contributed by atoms with Crippen molar-refractivity contribution in [3.63, 3.8) is 0 Å². The van der Waals surface area contributed by atoms with E-state index in [2.05, 4.69) is 4.98 Å². The minimum Gasteiger partial charge on any atom is -0.431 e. The Morgan fingerprint density at radius 1 is 1.23 bits per heavy atom. The van der Waals surface area contributed by atoms with Gasteiger partial charge in [-0.1, -0.05) is 23.9 Å². The lowest BCUT2D eigenvalue weighted by Crippen LogP contribution is -2.22. The summed E-state index contributed by atoms with van der Waals surface area (Å²) < 4.78 is 44.2. The zero-order valence-electron chi connectivity index (χ0n) is 14.0. The molecule has 9 heteroatoms. The van der Waals surface area contributed by atoms with Gasteiger partial charge in [0, 0.05) is 19.7 Å². The SMILES string of the molecule is CN(C)S(=O)(=O)c1ccc2oc(SCC(=O)c3cccc(F)c3)nc2c1. The molecular weight excluding hydrogens is 379 g/mol. The summed E-state index contributed by atoms with van der Waals surface area (Å²) in [6.45, 7) is 0. The highest BCUT2D eigenvalue weighted by Gasteiger charge is 2.19. The summed E-state index contributed by atoms with van der Waals surface area (Å²) in [5.41, 5.74) is 1.07. The fourth-order valence-corrected chi connectivity index (χ4v) is 3.85. The third kappa shape index (κ3) is 3.79. The van der Waals surface area contributed by atoms with Crippen LogP contribution in [-0.4, -0.2) is 43.3 Å². The van der Waals surface area contributed by atoms with Gasteiger partial charge in [-0.25, -0.2) is 22.1 Å². The molecule has 0 fully saturated rings. The van der Waals surface area contributed by atoms with Crippen LogP contribution in [-0.2, 0) is 10.0 Å². The molecule has 1 aromatic heterocycles. The maximum atomic E-state index is 13.2. The third-order valence-electron chi connectivity index (χ3n) is 3.59. The molecule has 0 spiro atoms. The number of benzene rings is 2. The summed E-state index contributed by atoms with van der Waals surface area (Å²) in [5.74, 6) is -0.705. The van der Waals surface area contributed by atoms with Crippen LogP contribution in [0.4, 0.5) is 4.39 Å². The highest BCUT2D eigenvalue weighted by atomic mass is 32.2. The number of thioether (sulfide) groups is 1. The minimum atomic E-state index is -3.57. The number of Topliss-reactive ketones (excluding diaryl/α,β-unsaturated/α-hetero) is 1. The van der Waals surface area contributed by atoms with E-state index in [1.54, 1.807) is 0 Å². The number of sulfonamides is 1. The molecule has 0 radical (unpaired) electrons. The van der Waals surface area contributed by atoms with Crippen LogP contribution in [0.3, 0.4) is 0 Å². The van der Waals surface area contributed by atoms with Gasteiger partial charge in [0.1, 0.15) is 11.3 Å².